The van der Waals surface area contributed by atoms with Gasteiger partial charge in [-0.3, -0.25) is 9.59 Å². The first-order valence-electron chi connectivity index (χ1n) is 9.13. The predicted molar refractivity (Wildman–Crippen MR) is 99.3 cm³/mol. The quantitative estimate of drug-likeness (QED) is 0.773. The first-order valence-corrected chi connectivity index (χ1v) is 10.1. The third kappa shape index (κ3) is 3.69. The number of ketones is 1. The molecule has 2 fully saturated rings. The third-order valence-corrected chi connectivity index (χ3v) is 7.13. The van der Waals surface area contributed by atoms with E-state index in [0.717, 1.165) is 44.3 Å². The third-order valence-electron chi connectivity index (χ3n) is 5.60. The van der Waals surface area contributed by atoms with Gasteiger partial charge in [0.05, 0.1) is 5.25 Å². The zero-order valence-corrected chi connectivity index (χ0v) is 15.4. The molecule has 0 aliphatic carbocycles. The summed E-state index contributed by atoms with van der Waals surface area (Å²) in [6.07, 6.45) is 3.77. The van der Waals surface area contributed by atoms with Crippen molar-refractivity contribution >= 4 is 23.5 Å². The molecule has 4 heteroatoms. The van der Waals surface area contributed by atoms with Gasteiger partial charge in [0.25, 0.3) is 0 Å². The van der Waals surface area contributed by atoms with Crippen molar-refractivity contribution in [2.45, 2.75) is 50.0 Å². The Morgan fingerprint density at radius 1 is 1.17 bits per heavy atom. The second kappa shape index (κ2) is 7.73. The van der Waals surface area contributed by atoms with Crippen molar-refractivity contribution < 1.29 is 9.59 Å². The van der Waals surface area contributed by atoms with Crippen LogP contribution < -0.4 is 0 Å². The van der Waals surface area contributed by atoms with Crippen LogP contribution >= 0.6 is 11.8 Å². The van der Waals surface area contributed by atoms with E-state index in [9.17, 15) is 9.59 Å². The summed E-state index contributed by atoms with van der Waals surface area (Å²) in [6.45, 7) is 5.92. The lowest BCUT2D eigenvalue weighted by molar-refractivity contribution is -0.132. The number of hydrogen-bond acceptors (Lipinski definition) is 3. The lowest BCUT2D eigenvalue weighted by atomic mass is 9.88. The van der Waals surface area contributed by atoms with Gasteiger partial charge in [-0.15, -0.1) is 11.8 Å². The van der Waals surface area contributed by atoms with Crippen LogP contribution in [0.4, 0.5) is 0 Å². The van der Waals surface area contributed by atoms with Crippen LogP contribution in [0.15, 0.2) is 30.3 Å². The number of carbonyl (C=O) groups excluding carboxylic acids is 2. The number of carbonyl (C=O) groups is 2. The number of amides is 1. The molecular weight excluding hydrogens is 318 g/mol. The molecule has 2 heterocycles. The molecule has 0 N–H and O–H groups in total. The standard InChI is InChI=1S/C20H27NO2S/c1-3-15-13-18(24-14(15)2)20(23)21-11-9-17(10-12-21)19(22)16-7-5-4-6-8-16/h4-8,14-15,17-18H,3,9-13H2,1-2H3. The summed E-state index contributed by atoms with van der Waals surface area (Å²) in [6, 6.07) is 9.54. The summed E-state index contributed by atoms with van der Waals surface area (Å²) >= 11 is 1.85. The van der Waals surface area contributed by atoms with Gasteiger partial charge >= 0.3 is 0 Å². The van der Waals surface area contributed by atoms with Crippen molar-refractivity contribution in [1.82, 2.24) is 4.90 Å². The van der Waals surface area contributed by atoms with E-state index in [0.29, 0.717) is 17.1 Å². The van der Waals surface area contributed by atoms with Gasteiger partial charge in [-0.1, -0.05) is 50.6 Å². The molecule has 3 unspecified atom stereocenters. The summed E-state index contributed by atoms with van der Waals surface area (Å²) in [5.74, 6) is 1.27. The smallest absolute Gasteiger partial charge is 0.235 e. The molecule has 2 aliphatic rings. The minimum atomic E-state index is 0.0648. The molecule has 1 amide bonds. The molecule has 1 aromatic rings. The molecule has 130 valence electrons. The van der Waals surface area contributed by atoms with Crippen LogP contribution in [0.5, 0.6) is 0 Å². The fourth-order valence-electron chi connectivity index (χ4n) is 3.95. The first kappa shape index (κ1) is 17.5. The SMILES string of the molecule is CCC1CC(C(=O)N2CCC(C(=O)c3ccccc3)CC2)SC1C. The number of likely N-dealkylation sites (tertiary alicyclic amines) is 1. The van der Waals surface area contributed by atoms with Crippen LogP contribution in [-0.4, -0.2) is 40.2 Å². The topological polar surface area (TPSA) is 37.4 Å². The minimum Gasteiger partial charge on any atom is -0.342 e. The molecule has 24 heavy (non-hydrogen) atoms. The zero-order chi connectivity index (χ0) is 17.1. The summed E-state index contributed by atoms with van der Waals surface area (Å²) in [4.78, 5) is 27.3. The van der Waals surface area contributed by atoms with E-state index in [1.54, 1.807) is 0 Å². The van der Waals surface area contributed by atoms with Gasteiger partial charge in [0.2, 0.25) is 5.91 Å². The van der Waals surface area contributed by atoms with Crippen molar-refractivity contribution in [2.75, 3.05) is 13.1 Å². The number of piperidine rings is 1. The summed E-state index contributed by atoms with van der Waals surface area (Å²) in [5, 5.41) is 0.715. The van der Waals surface area contributed by atoms with Crippen LogP contribution in [0.25, 0.3) is 0 Å². The maximum atomic E-state index is 12.8. The number of hydrogen-bond donors (Lipinski definition) is 0. The van der Waals surface area contributed by atoms with E-state index >= 15 is 0 Å². The van der Waals surface area contributed by atoms with Gasteiger partial charge in [-0.05, 0) is 25.2 Å². The molecule has 0 spiro atoms. The Balaban J connectivity index is 1.54. The lowest BCUT2D eigenvalue weighted by Crippen LogP contribution is -2.43. The van der Waals surface area contributed by atoms with Crippen LogP contribution in [0.1, 0.15) is 49.9 Å². The van der Waals surface area contributed by atoms with Gasteiger partial charge < -0.3 is 4.90 Å². The molecule has 3 nitrogen and oxygen atoms in total. The predicted octanol–water partition coefficient (Wildman–Crippen LogP) is 4.03. The lowest BCUT2D eigenvalue weighted by Gasteiger charge is -2.33. The molecule has 3 atom stereocenters. The average molecular weight is 346 g/mol. The van der Waals surface area contributed by atoms with Crippen molar-refractivity contribution in [2.24, 2.45) is 11.8 Å². The molecular formula is C20H27NO2S. The average Bonchev–Trinajstić information content (AvgIpc) is 3.02. The Kier molecular flexibility index (Phi) is 5.65. The van der Waals surface area contributed by atoms with E-state index < -0.39 is 0 Å². The van der Waals surface area contributed by atoms with E-state index in [2.05, 4.69) is 13.8 Å². The van der Waals surface area contributed by atoms with Crippen LogP contribution in [-0.2, 0) is 4.79 Å². The monoisotopic (exact) mass is 345 g/mol. The number of thioether (sulfide) groups is 1. The largest absolute Gasteiger partial charge is 0.342 e. The molecule has 0 bridgehead atoms. The van der Waals surface area contributed by atoms with E-state index in [-0.39, 0.29) is 17.0 Å². The van der Waals surface area contributed by atoms with Crippen molar-refractivity contribution in [3.05, 3.63) is 35.9 Å². The van der Waals surface area contributed by atoms with Crippen LogP contribution in [0.2, 0.25) is 0 Å². The van der Waals surface area contributed by atoms with Gasteiger partial charge in [0.15, 0.2) is 5.78 Å². The molecule has 2 aliphatic heterocycles. The molecule has 1 aromatic carbocycles. The number of nitrogens with zero attached hydrogens (tertiary/aromatic N) is 1. The normalized spacial score (nSPS) is 28.1. The molecule has 0 radical (unpaired) electrons. The maximum Gasteiger partial charge on any atom is 0.235 e. The van der Waals surface area contributed by atoms with Gasteiger partial charge in [-0.2, -0.15) is 0 Å². The fourth-order valence-corrected chi connectivity index (χ4v) is 5.62. The Hall–Kier alpha value is -1.29. The van der Waals surface area contributed by atoms with Gasteiger partial charge in [0, 0.05) is 29.8 Å². The minimum absolute atomic E-state index is 0.0648. The maximum absolute atomic E-state index is 12.8. The highest BCUT2D eigenvalue weighted by Crippen LogP contribution is 2.41. The fraction of sp³-hybridized carbons (Fsp3) is 0.600. The van der Waals surface area contributed by atoms with Crippen molar-refractivity contribution in [3.8, 4) is 0 Å². The second-order valence-electron chi connectivity index (χ2n) is 7.06. The Labute approximate surface area is 149 Å². The van der Waals surface area contributed by atoms with Crippen LogP contribution in [0, 0.1) is 11.8 Å². The van der Waals surface area contributed by atoms with E-state index in [1.807, 2.05) is 47.0 Å². The Bertz CT molecular complexity index is 581. The highest BCUT2D eigenvalue weighted by molar-refractivity contribution is 8.01. The van der Waals surface area contributed by atoms with E-state index in [1.165, 1.54) is 0 Å². The van der Waals surface area contributed by atoms with Gasteiger partial charge in [-0.25, -0.2) is 0 Å². The number of Topliss-reactive ketones (excluding diaryl/α,β-unsaturated/α-hetero) is 1. The summed E-state index contributed by atoms with van der Waals surface area (Å²) in [7, 11) is 0. The van der Waals surface area contributed by atoms with Crippen LogP contribution in [0.3, 0.4) is 0 Å². The number of rotatable bonds is 4. The second-order valence-corrected chi connectivity index (χ2v) is 8.65. The summed E-state index contributed by atoms with van der Waals surface area (Å²) in [5.41, 5.74) is 0.799. The Morgan fingerprint density at radius 3 is 2.42 bits per heavy atom. The molecule has 0 saturated carbocycles. The molecule has 2 saturated heterocycles. The first-order chi connectivity index (χ1) is 11.6. The van der Waals surface area contributed by atoms with Crippen molar-refractivity contribution in [3.63, 3.8) is 0 Å². The highest BCUT2D eigenvalue weighted by Gasteiger charge is 2.38. The molecule has 3 rings (SSSR count). The van der Waals surface area contributed by atoms with E-state index in [4.69, 9.17) is 0 Å². The molecule has 0 aromatic heterocycles. The van der Waals surface area contributed by atoms with Gasteiger partial charge in [0.1, 0.15) is 0 Å². The summed E-state index contributed by atoms with van der Waals surface area (Å²) < 4.78 is 0. The zero-order valence-electron chi connectivity index (χ0n) is 14.6. The highest BCUT2D eigenvalue weighted by atomic mass is 32.2. The number of benzene rings is 1. The Morgan fingerprint density at radius 2 is 1.83 bits per heavy atom. The van der Waals surface area contributed by atoms with Crippen molar-refractivity contribution in [1.29, 1.82) is 0 Å².